The number of sulfonamides is 1. The number of piperidine rings is 1. The number of amides is 1. The molecule has 1 amide bonds. The second kappa shape index (κ2) is 7.85. The molecule has 1 aromatic rings. The van der Waals surface area contributed by atoms with Gasteiger partial charge in [0.2, 0.25) is 10.0 Å². The molecule has 25 heavy (non-hydrogen) atoms. The third-order valence-electron chi connectivity index (χ3n) is 5.24. The van der Waals surface area contributed by atoms with Crippen LogP contribution in [0.3, 0.4) is 0 Å². The van der Waals surface area contributed by atoms with Crippen LogP contribution in [0, 0.1) is 5.92 Å². The maximum absolute atomic E-state index is 12.7. The van der Waals surface area contributed by atoms with E-state index in [1.54, 1.807) is 28.6 Å². The number of carbonyl (C=O) groups is 1. The van der Waals surface area contributed by atoms with Crippen molar-refractivity contribution < 1.29 is 18.1 Å². The van der Waals surface area contributed by atoms with Crippen LogP contribution in [0.5, 0.6) is 0 Å². The number of carbonyl (C=O) groups excluding carboxylic acids is 1. The molecule has 2 fully saturated rings. The van der Waals surface area contributed by atoms with Crippen molar-refractivity contribution in [2.24, 2.45) is 5.92 Å². The van der Waals surface area contributed by atoms with Gasteiger partial charge in [-0.05, 0) is 43.0 Å². The summed E-state index contributed by atoms with van der Waals surface area (Å²) in [5.74, 6) is 0.569. The van der Waals surface area contributed by atoms with Gasteiger partial charge in [0.15, 0.2) is 6.54 Å². The van der Waals surface area contributed by atoms with Gasteiger partial charge in [-0.15, -0.1) is 0 Å². The number of anilines is 1. The van der Waals surface area contributed by atoms with E-state index in [0.717, 1.165) is 25.9 Å². The molecule has 0 unspecified atom stereocenters. The van der Waals surface area contributed by atoms with Crippen molar-refractivity contribution >= 4 is 21.6 Å². The summed E-state index contributed by atoms with van der Waals surface area (Å²) in [5, 5.41) is 2.86. The number of rotatable bonds is 5. The standard InChI is InChI=1S/C18H27N3O3S/c1-15-8-12-21(13-9-15)25(23,24)17-6-4-16(5-7-17)19-18(22)14-20-10-2-3-11-20/h4-7,15H,2-3,8-14H2,1H3,(H,19,22)/p+1. The number of hydrogen-bond acceptors (Lipinski definition) is 3. The summed E-state index contributed by atoms with van der Waals surface area (Å²) >= 11 is 0. The zero-order valence-electron chi connectivity index (χ0n) is 14.8. The molecule has 2 aliphatic rings. The molecule has 2 N–H and O–H groups in total. The van der Waals surface area contributed by atoms with Gasteiger partial charge in [0, 0.05) is 31.6 Å². The lowest BCUT2D eigenvalue weighted by Gasteiger charge is -2.29. The van der Waals surface area contributed by atoms with Gasteiger partial charge in [0.25, 0.3) is 5.91 Å². The molecular formula is C18H28N3O3S+. The monoisotopic (exact) mass is 366 g/mol. The molecule has 2 saturated heterocycles. The van der Waals surface area contributed by atoms with E-state index >= 15 is 0 Å². The lowest BCUT2D eigenvalue weighted by molar-refractivity contribution is -0.878. The normalized spacial score (nSPS) is 20.7. The van der Waals surface area contributed by atoms with E-state index in [1.165, 1.54) is 17.7 Å². The van der Waals surface area contributed by atoms with Crippen molar-refractivity contribution in [1.82, 2.24) is 4.31 Å². The topological polar surface area (TPSA) is 70.9 Å². The number of hydrogen-bond donors (Lipinski definition) is 2. The highest BCUT2D eigenvalue weighted by atomic mass is 32.2. The summed E-state index contributed by atoms with van der Waals surface area (Å²) in [7, 11) is -3.43. The Labute approximate surface area is 150 Å². The van der Waals surface area contributed by atoms with E-state index in [1.807, 2.05) is 0 Å². The minimum absolute atomic E-state index is 0.0162. The van der Waals surface area contributed by atoms with Crippen LogP contribution in [0.15, 0.2) is 29.2 Å². The molecule has 2 aliphatic heterocycles. The van der Waals surface area contributed by atoms with Crippen LogP contribution < -0.4 is 10.2 Å². The summed E-state index contributed by atoms with van der Waals surface area (Å²) in [5.41, 5.74) is 0.648. The summed E-state index contributed by atoms with van der Waals surface area (Å²) in [6.45, 7) is 5.91. The number of quaternary nitrogens is 1. The van der Waals surface area contributed by atoms with Crippen molar-refractivity contribution in [3.63, 3.8) is 0 Å². The van der Waals surface area contributed by atoms with E-state index in [0.29, 0.717) is 36.1 Å². The highest BCUT2D eigenvalue weighted by molar-refractivity contribution is 7.89. The van der Waals surface area contributed by atoms with Crippen molar-refractivity contribution in [2.45, 2.75) is 37.5 Å². The molecule has 1 aromatic carbocycles. The van der Waals surface area contributed by atoms with E-state index in [4.69, 9.17) is 0 Å². The van der Waals surface area contributed by atoms with Crippen LogP contribution in [0.4, 0.5) is 5.69 Å². The van der Waals surface area contributed by atoms with Crippen molar-refractivity contribution in [3.8, 4) is 0 Å². The average Bonchev–Trinajstić information content (AvgIpc) is 3.08. The largest absolute Gasteiger partial charge is 0.327 e. The number of benzene rings is 1. The van der Waals surface area contributed by atoms with Crippen LogP contribution in [0.2, 0.25) is 0 Å². The fraction of sp³-hybridized carbons (Fsp3) is 0.611. The van der Waals surface area contributed by atoms with E-state index < -0.39 is 10.0 Å². The van der Waals surface area contributed by atoms with Gasteiger partial charge in [0.1, 0.15) is 0 Å². The maximum atomic E-state index is 12.7. The number of nitrogens with one attached hydrogen (secondary N) is 2. The first kappa shape index (κ1) is 18.4. The Morgan fingerprint density at radius 1 is 1.16 bits per heavy atom. The zero-order valence-corrected chi connectivity index (χ0v) is 15.6. The molecule has 0 aromatic heterocycles. The summed E-state index contributed by atoms with van der Waals surface area (Å²) in [6, 6.07) is 6.53. The lowest BCUT2D eigenvalue weighted by atomic mass is 10.0. The van der Waals surface area contributed by atoms with Gasteiger partial charge in [-0.1, -0.05) is 6.92 Å². The smallest absolute Gasteiger partial charge is 0.279 e. The van der Waals surface area contributed by atoms with Gasteiger partial charge in [0.05, 0.1) is 18.0 Å². The lowest BCUT2D eigenvalue weighted by Crippen LogP contribution is -3.11. The highest BCUT2D eigenvalue weighted by Gasteiger charge is 2.28. The minimum atomic E-state index is -3.43. The Kier molecular flexibility index (Phi) is 5.76. The number of likely N-dealkylation sites (tertiary alicyclic amines) is 1. The molecule has 2 heterocycles. The maximum Gasteiger partial charge on any atom is 0.279 e. The minimum Gasteiger partial charge on any atom is -0.327 e. The van der Waals surface area contributed by atoms with Gasteiger partial charge >= 0.3 is 0 Å². The van der Waals surface area contributed by atoms with E-state index in [-0.39, 0.29) is 5.91 Å². The van der Waals surface area contributed by atoms with Gasteiger partial charge in [-0.25, -0.2) is 8.42 Å². The van der Waals surface area contributed by atoms with Crippen molar-refractivity contribution in [1.29, 1.82) is 0 Å². The fourth-order valence-electron chi connectivity index (χ4n) is 3.57. The Morgan fingerprint density at radius 2 is 1.76 bits per heavy atom. The summed E-state index contributed by atoms with van der Waals surface area (Å²) in [6.07, 6.45) is 4.19. The van der Waals surface area contributed by atoms with Crippen molar-refractivity contribution in [3.05, 3.63) is 24.3 Å². The van der Waals surface area contributed by atoms with E-state index in [9.17, 15) is 13.2 Å². The quantitative estimate of drug-likeness (QED) is 0.807. The van der Waals surface area contributed by atoms with Crippen LogP contribution in [0.25, 0.3) is 0 Å². The van der Waals surface area contributed by atoms with Crippen molar-refractivity contribution in [2.75, 3.05) is 38.0 Å². The third-order valence-corrected chi connectivity index (χ3v) is 7.15. The van der Waals surface area contributed by atoms with Gasteiger partial charge in [-0.2, -0.15) is 4.31 Å². The van der Waals surface area contributed by atoms with Gasteiger partial charge in [-0.3, -0.25) is 4.79 Å². The summed E-state index contributed by atoms with van der Waals surface area (Å²) < 4.78 is 27.0. The fourth-order valence-corrected chi connectivity index (χ4v) is 5.04. The Balaban J connectivity index is 1.60. The van der Waals surface area contributed by atoms with E-state index in [2.05, 4.69) is 12.2 Å². The van der Waals surface area contributed by atoms with Gasteiger partial charge < -0.3 is 10.2 Å². The molecule has 6 nitrogen and oxygen atoms in total. The molecule has 0 spiro atoms. The molecule has 0 saturated carbocycles. The molecule has 138 valence electrons. The molecule has 0 radical (unpaired) electrons. The highest BCUT2D eigenvalue weighted by Crippen LogP contribution is 2.24. The predicted octanol–water partition coefficient (Wildman–Crippen LogP) is 0.724. The van der Waals surface area contributed by atoms with Crippen LogP contribution in [0.1, 0.15) is 32.6 Å². The molecule has 7 heteroatoms. The molecule has 0 bridgehead atoms. The average molecular weight is 367 g/mol. The molecule has 3 rings (SSSR count). The van der Waals surface area contributed by atoms with Crippen LogP contribution in [-0.2, 0) is 14.8 Å². The zero-order chi connectivity index (χ0) is 17.9. The molecule has 0 atom stereocenters. The summed E-state index contributed by atoms with van der Waals surface area (Å²) in [4.78, 5) is 13.7. The van der Waals surface area contributed by atoms with Crippen LogP contribution >= 0.6 is 0 Å². The first-order chi connectivity index (χ1) is 11.9. The Morgan fingerprint density at radius 3 is 2.36 bits per heavy atom. The number of nitrogens with zero attached hydrogens (tertiary/aromatic N) is 1. The second-order valence-electron chi connectivity index (χ2n) is 7.29. The van der Waals surface area contributed by atoms with Crippen LogP contribution in [-0.4, -0.2) is 51.4 Å². The Hall–Kier alpha value is -1.44. The second-order valence-corrected chi connectivity index (χ2v) is 9.23. The Bertz CT molecular complexity index is 689. The molecular weight excluding hydrogens is 338 g/mol. The predicted molar refractivity (Wildman–Crippen MR) is 97.0 cm³/mol. The first-order valence-electron chi connectivity index (χ1n) is 9.19. The first-order valence-corrected chi connectivity index (χ1v) is 10.6. The molecule has 0 aliphatic carbocycles. The SMILES string of the molecule is CC1CCN(S(=O)(=O)c2ccc(NC(=O)C[NH+]3CCCC3)cc2)CC1. The third kappa shape index (κ3) is 4.59.